The largest absolute Gasteiger partial charge is 0.378 e. The van der Waals surface area contributed by atoms with Gasteiger partial charge in [0.15, 0.2) is 0 Å². The third-order valence-electron chi connectivity index (χ3n) is 2.24. The van der Waals surface area contributed by atoms with Crippen LogP contribution in [0.1, 0.15) is 6.42 Å². The number of hydrogen-bond donors (Lipinski definition) is 1. The van der Waals surface area contributed by atoms with Gasteiger partial charge >= 0.3 is 0 Å². The molecule has 0 amide bonds. The van der Waals surface area contributed by atoms with Crippen LogP contribution in [0.4, 0.5) is 10.1 Å². The summed E-state index contributed by atoms with van der Waals surface area (Å²) in [5, 5.41) is 3.61. The molecule has 76 valence electrons. The molecular formula is C10H11ClFNS. The summed E-state index contributed by atoms with van der Waals surface area (Å²) in [7, 11) is 0. The van der Waals surface area contributed by atoms with Crippen LogP contribution in [-0.4, -0.2) is 17.5 Å². The topological polar surface area (TPSA) is 12.0 Å². The molecule has 1 fully saturated rings. The molecule has 4 heteroatoms. The lowest BCUT2D eigenvalue weighted by Gasteiger charge is -2.14. The predicted octanol–water partition coefficient (Wildman–Crippen LogP) is 3.40. The Labute approximate surface area is 92.0 Å². The Kier molecular flexibility index (Phi) is 3.19. The fourth-order valence-electron chi connectivity index (χ4n) is 1.49. The van der Waals surface area contributed by atoms with Gasteiger partial charge in [0.2, 0.25) is 0 Å². The van der Waals surface area contributed by atoms with E-state index in [4.69, 9.17) is 11.6 Å². The number of nitrogens with one attached hydrogen (secondary N) is 1. The Morgan fingerprint density at radius 3 is 3.00 bits per heavy atom. The Morgan fingerprint density at radius 2 is 2.36 bits per heavy atom. The molecule has 1 aromatic rings. The van der Waals surface area contributed by atoms with Gasteiger partial charge in [0, 0.05) is 11.8 Å². The van der Waals surface area contributed by atoms with Crippen molar-refractivity contribution in [2.45, 2.75) is 12.5 Å². The van der Waals surface area contributed by atoms with Gasteiger partial charge in [-0.05, 0) is 24.3 Å². The Bertz CT molecular complexity index is 306. The number of benzene rings is 1. The van der Waals surface area contributed by atoms with Crippen LogP contribution >= 0.6 is 23.4 Å². The zero-order valence-corrected chi connectivity index (χ0v) is 9.17. The fraction of sp³-hybridized carbons (Fsp3) is 0.400. The van der Waals surface area contributed by atoms with Crippen molar-refractivity contribution in [2.24, 2.45) is 0 Å². The highest BCUT2D eigenvalue weighted by Crippen LogP contribution is 2.28. The number of rotatable bonds is 2. The minimum Gasteiger partial charge on any atom is -0.378 e. The van der Waals surface area contributed by atoms with Crippen LogP contribution in [0.15, 0.2) is 18.2 Å². The van der Waals surface area contributed by atoms with Gasteiger partial charge < -0.3 is 5.32 Å². The predicted molar refractivity (Wildman–Crippen MR) is 60.8 cm³/mol. The minimum absolute atomic E-state index is 0.269. The summed E-state index contributed by atoms with van der Waals surface area (Å²) >= 11 is 7.78. The van der Waals surface area contributed by atoms with Gasteiger partial charge in [-0.15, -0.1) is 0 Å². The average Bonchev–Trinajstić information content (AvgIpc) is 2.64. The zero-order valence-electron chi connectivity index (χ0n) is 7.59. The maximum Gasteiger partial charge on any atom is 0.147 e. The summed E-state index contributed by atoms with van der Waals surface area (Å²) in [5.41, 5.74) is 0.446. The van der Waals surface area contributed by atoms with E-state index in [-0.39, 0.29) is 5.82 Å². The Hall–Kier alpha value is -0.410. The van der Waals surface area contributed by atoms with Gasteiger partial charge in [-0.3, -0.25) is 0 Å². The average molecular weight is 232 g/mol. The Balaban J connectivity index is 2.14. The first-order valence-corrected chi connectivity index (χ1v) is 6.09. The highest BCUT2D eigenvalue weighted by Gasteiger charge is 2.17. The van der Waals surface area contributed by atoms with E-state index in [1.165, 1.54) is 6.07 Å². The van der Waals surface area contributed by atoms with E-state index in [2.05, 4.69) is 5.32 Å². The van der Waals surface area contributed by atoms with Gasteiger partial charge in [0.05, 0.1) is 10.7 Å². The van der Waals surface area contributed by atoms with E-state index in [1.54, 1.807) is 12.1 Å². The maximum absolute atomic E-state index is 13.4. The Morgan fingerprint density at radius 1 is 1.50 bits per heavy atom. The third-order valence-corrected chi connectivity index (χ3v) is 3.72. The number of thioether (sulfide) groups is 1. The molecule has 1 aromatic carbocycles. The fourth-order valence-corrected chi connectivity index (χ4v) is 2.86. The van der Waals surface area contributed by atoms with Gasteiger partial charge in [-0.2, -0.15) is 11.8 Å². The number of hydrogen-bond acceptors (Lipinski definition) is 2. The van der Waals surface area contributed by atoms with Crippen molar-refractivity contribution in [1.82, 2.24) is 0 Å². The molecule has 0 aromatic heterocycles. The van der Waals surface area contributed by atoms with Crippen molar-refractivity contribution < 1.29 is 4.39 Å². The van der Waals surface area contributed by atoms with Crippen LogP contribution in [0.3, 0.4) is 0 Å². The summed E-state index contributed by atoms with van der Waals surface area (Å²) in [6.07, 6.45) is 1.08. The standard InChI is InChI=1S/C10H11ClFNS/c11-8-2-1-3-9(12)10(8)13-7-4-5-14-6-7/h1-3,7,13H,4-6H2. The van der Waals surface area contributed by atoms with Gasteiger partial charge in [-0.1, -0.05) is 17.7 Å². The summed E-state index contributed by atoms with van der Waals surface area (Å²) in [6, 6.07) is 5.10. The lowest BCUT2D eigenvalue weighted by atomic mass is 10.2. The van der Waals surface area contributed by atoms with Crippen LogP contribution in [0.25, 0.3) is 0 Å². The zero-order chi connectivity index (χ0) is 9.97. The van der Waals surface area contributed by atoms with E-state index in [9.17, 15) is 4.39 Å². The summed E-state index contributed by atoms with van der Waals surface area (Å²) in [6.45, 7) is 0. The molecule has 2 rings (SSSR count). The van der Waals surface area contributed by atoms with Crippen molar-refractivity contribution in [2.75, 3.05) is 16.8 Å². The van der Waals surface area contributed by atoms with Gasteiger partial charge in [0.1, 0.15) is 5.82 Å². The number of halogens is 2. The summed E-state index contributed by atoms with van der Waals surface area (Å²) in [4.78, 5) is 0. The second-order valence-electron chi connectivity index (χ2n) is 3.30. The summed E-state index contributed by atoms with van der Waals surface area (Å²) in [5.74, 6) is 1.91. The van der Waals surface area contributed by atoms with Crippen molar-refractivity contribution in [3.05, 3.63) is 29.0 Å². The second-order valence-corrected chi connectivity index (χ2v) is 4.86. The molecular weight excluding hydrogens is 221 g/mol. The van der Waals surface area contributed by atoms with Crippen molar-refractivity contribution >= 4 is 29.1 Å². The smallest absolute Gasteiger partial charge is 0.147 e. The van der Waals surface area contributed by atoms with Crippen LogP contribution in [0.2, 0.25) is 5.02 Å². The van der Waals surface area contributed by atoms with Crippen LogP contribution < -0.4 is 5.32 Å². The molecule has 0 aliphatic carbocycles. The molecule has 0 spiro atoms. The highest BCUT2D eigenvalue weighted by molar-refractivity contribution is 7.99. The molecule has 1 aliphatic rings. The molecule has 1 unspecified atom stereocenters. The molecule has 0 bridgehead atoms. The van der Waals surface area contributed by atoms with E-state index in [1.807, 2.05) is 11.8 Å². The molecule has 1 aliphatic heterocycles. The molecule has 1 atom stereocenters. The molecule has 1 nitrogen and oxygen atoms in total. The van der Waals surface area contributed by atoms with E-state index in [0.29, 0.717) is 16.8 Å². The molecule has 0 radical (unpaired) electrons. The lowest BCUT2D eigenvalue weighted by molar-refractivity contribution is 0.626. The first-order chi connectivity index (χ1) is 6.77. The highest BCUT2D eigenvalue weighted by atomic mass is 35.5. The third kappa shape index (κ3) is 2.15. The molecule has 14 heavy (non-hydrogen) atoms. The van der Waals surface area contributed by atoms with E-state index in [0.717, 1.165) is 17.9 Å². The van der Waals surface area contributed by atoms with Crippen LogP contribution in [-0.2, 0) is 0 Å². The first-order valence-electron chi connectivity index (χ1n) is 4.55. The quantitative estimate of drug-likeness (QED) is 0.838. The maximum atomic E-state index is 13.4. The van der Waals surface area contributed by atoms with E-state index < -0.39 is 0 Å². The monoisotopic (exact) mass is 231 g/mol. The SMILES string of the molecule is Fc1cccc(Cl)c1NC1CCSC1. The first kappa shape index (κ1) is 10.1. The molecule has 1 saturated heterocycles. The minimum atomic E-state index is -0.269. The van der Waals surface area contributed by atoms with Crippen molar-refractivity contribution in [3.8, 4) is 0 Å². The van der Waals surface area contributed by atoms with Crippen LogP contribution in [0, 0.1) is 5.82 Å². The summed E-state index contributed by atoms with van der Waals surface area (Å²) < 4.78 is 13.4. The van der Waals surface area contributed by atoms with Crippen molar-refractivity contribution in [1.29, 1.82) is 0 Å². The molecule has 0 saturated carbocycles. The van der Waals surface area contributed by atoms with Gasteiger partial charge in [-0.25, -0.2) is 4.39 Å². The van der Waals surface area contributed by atoms with E-state index >= 15 is 0 Å². The van der Waals surface area contributed by atoms with Crippen LogP contribution in [0.5, 0.6) is 0 Å². The molecule has 1 N–H and O–H groups in total. The second kappa shape index (κ2) is 4.41. The number of anilines is 1. The number of para-hydroxylation sites is 1. The molecule has 1 heterocycles. The normalized spacial score (nSPS) is 21.1. The lowest BCUT2D eigenvalue weighted by Crippen LogP contribution is -2.19. The van der Waals surface area contributed by atoms with Crippen molar-refractivity contribution in [3.63, 3.8) is 0 Å². The van der Waals surface area contributed by atoms with Gasteiger partial charge in [0.25, 0.3) is 0 Å².